The van der Waals surface area contributed by atoms with Gasteiger partial charge in [0.25, 0.3) is 0 Å². The summed E-state index contributed by atoms with van der Waals surface area (Å²) in [6, 6.07) is 2.78. The second kappa shape index (κ2) is 11.0. The first-order chi connectivity index (χ1) is 17.4. The molecule has 2 unspecified atom stereocenters. The van der Waals surface area contributed by atoms with Crippen molar-refractivity contribution in [2.45, 2.75) is 64.6 Å². The van der Waals surface area contributed by atoms with Crippen molar-refractivity contribution in [2.75, 3.05) is 4.90 Å². The molecule has 0 aliphatic carbocycles. The van der Waals surface area contributed by atoms with Gasteiger partial charge in [-0.3, -0.25) is 9.69 Å². The van der Waals surface area contributed by atoms with Gasteiger partial charge in [-0.15, -0.1) is 0 Å². The minimum atomic E-state index is -5.04. The molecule has 1 aliphatic rings. The van der Waals surface area contributed by atoms with Crippen molar-refractivity contribution in [2.24, 2.45) is 5.92 Å². The number of halogens is 8. The molecule has 3 rings (SSSR count). The molecule has 13 heteroatoms. The molecule has 5 nitrogen and oxygen atoms in total. The molecule has 2 aromatic carbocycles. The Morgan fingerprint density at radius 3 is 2.05 bits per heavy atom. The standard InChI is InChI=1S/C25H24BrClF6N2O3/c1-12(2)20-4-5-21(17-9-18(26)19(27)10-22(17)35(20)23(37)38)34(13(3)36)11-14-6-15(24(28,29)30)8-16(7-14)25(31,32)33/h6-10,12,20-21H,4-5,11H2,1-3H3,(H,37,38). The Hall–Kier alpha value is -2.47. The maximum atomic E-state index is 13.4. The highest BCUT2D eigenvalue weighted by atomic mass is 79.9. The highest BCUT2D eigenvalue weighted by molar-refractivity contribution is 9.10. The van der Waals surface area contributed by atoms with Gasteiger partial charge in [-0.05, 0) is 76.1 Å². The number of alkyl halides is 6. The number of carbonyl (C=O) groups is 2. The van der Waals surface area contributed by atoms with Gasteiger partial charge in [-0.1, -0.05) is 25.4 Å². The van der Waals surface area contributed by atoms with E-state index in [2.05, 4.69) is 15.9 Å². The largest absolute Gasteiger partial charge is 0.465 e. The van der Waals surface area contributed by atoms with E-state index in [0.29, 0.717) is 22.2 Å². The van der Waals surface area contributed by atoms with Gasteiger partial charge in [0, 0.05) is 24.0 Å². The van der Waals surface area contributed by atoms with Crippen LogP contribution in [-0.4, -0.2) is 28.0 Å². The van der Waals surface area contributed by atoms with Crippen LogP contribution in [0.1, 0.15) is 61.9 Å². The van der Waals surface area contributed by atoms with Crippen LogP contribution in [0.2, 0.25) is 5.02 Å². The van der Waals surface area contributed by atoms with E-state index in [1.165, 1.54) is 12.1 Å². The van der Waals surface area contributed by atoms with Gasteiger partial charge < -0.3 is 10.0 Å². The number of carboxylic acid groups (broad SMARTS) is 1. The number of hydrogen-bond donors (Lipinski definition) is 1. The molecule has 0 saturated heterocycles. The topological polar surface area (TPSA) is 60.9 Å². The zero-order chi connectivity index (χ0) is 28.7. The van der Waals surface area contributed by atoms with Crippen LogP contribution in [0.15, 0.2) is 34.8 Å². The van der Waals surface area contributed by atoms with Gasteiger partial charge in [-0.2, -0.15) is 26.3 Å². The van der Waals surface area contributed by atoms with E-state index < -0.39 is 54.1 Å². The summed E-state index contributed by atoms with van der Waals surface area (Å²) < 4.78 is 81.0. The molecule has 1 aliphatic heterocycles. The van der Waals surface area contributed by atoms with Gasteiger partial charge in [0.1, 0.15) is 0 Å². The van der Waals surface area contributed by atoms with Crippen molar-refractivity contribution in [3.8, 4) is 0 Å². The average molecular weight is 630 g/mol. The summed E-state index contributed by atoms with van der Waals surface area (Å²) in [6.45, 7) is 4.24. The van der Waals surface area contributed by atoms with Gasteiger partial charge in [0.15, 0.2) is 0 Å². The quantitative estimate of drug-likeness (QED) is 0.345. The molecule has 0 saturated carbocycles. The first-order valence-corrected chi connectivity index (χ1v) is 12.7. The molecule has 0 fully saturated rings. The van der Waals surface area contributed by atoms with E-state index in [9.17, 15) is 41.0 Å². The van der Waals surface area contributed by atoms with Crippen molar-refractivity contribution in [3.63, 3.8) is 0 Å². The van der Waals surface area contributed by atoms with Crippen LogP contribution in [0.5, 0.6) is 0 Å². The average Bonchev–Trinajstić information content (AvgIpc) is 2.93. The second-order valence-corrected chi connectivity index (χ2v) is 10.7. The fourth-order valence-corrected chi connectivity index (χ4v) is 5.29. The SMILES string of the molecule is CC(=O)N(Cc1cc(C(F)(F)F)cc(C(F)(F)F)c1)C1CCC(C(C)C)N(C(=O)O)c2cc(Cl)c(Br)cc21. The van der Waals surface area contributed by atoms with Gasteiger partial charge in [0.05, 0.1) is 27.9 Å². The van der Waals surface area contributed by atoms with Crippen molar-refractivity contribution < 1.29 is 41.0 Å². The van der Waals surface area contributed by atoms with E-state index >= 15 is 0 Å². The minimum Gasteiger partial charge on any atom is -0.465 e. The summed E-state index contributed by atoms with van der Waals surface area (Å²) in [5.74, 6) is -0.758. The zero-order valence-electron chi connectivity index (χ0n) is 20.4. The Balaban J connectivity index is 2.19. The fourth-order valence-electron chi connectivity index (χ4n) is 4.77. The Morgan fingerprint density at radius 2 is 1.61 bits per heavy atom. The van der Waals surface area contributed by atoms with Crippen LogP contribution in [0, 0.1) is 5.92 Å². The summed E-state index contributed by atoms with van der Waals surface area (Å²) in [6.07, 6.45) is -10.9. The van der Waals surface area contributed by atoms with Crippen LogP contribution in [0.4, 0.5) is 36.8 Å². The van der Waals surface area contributed by atoms with Crippen LogP contribution in [-0.2, 0) is 23.7 Å². The van der Waals surface area contributed by atoms with E-state index in [0.717, 1.165) is 16.7 Å². The maximum Gasteiger partial charge on any atom is 0.416 e. The minimum absolute atomic E-state index is 0.0274. The third-order valence-corrected chi connectivity index (χ3v) is 7.71. The third-order valence-electron chi connectivity index (χ3n) is 6.51. The Labute approximate surface area is 228 Å². The summed E-state index contributed by atoms with van der Waals surface area (Å²) >= 11 is 9.57. The predicted octanol–water partition coefficient (Wildman–Crippen LogP) is 8.53. The fraction of sp³-hybridized carbons (Fsp3) is 0.440. The first-order valence-electron chi connectivity index (χ1n) is 11.5. The molecule has 0 bridgehead atoms. The Bertz CT molecular complexity index is 1200. The molecule has 2 atom stereocenters. The number of amides is 2. The highest BCUT2D eigenvalue weighted by Crippen LogP contribution is 2.45. The summed E-state index contributed by atoms with van der Waals surface area (Å²) in [7, 11) is 0. The van der Waals surface area contributed by atoms with Crippen molar-refractivity contribution in [1.29, 1.82) is 0 Å². The number of nitrogens with zero attached hydrogens (tertiary/aromatic N) is 2. The van der Waals surface area contributed by atoms with Gasteiger partial charge in [-0.25, -0.2) is 4.79 Å². The van der Waals surface area contributed by atoms with Gasteiger partial charge >= 0.3 is 18.4 Å². The van der Waals surface area contributed by atoms with Crippen molar-refractivity contribution >= 4 is 45.2 Å². The number of hydrogen-bond acceptors (Lipinski definition) is 2. The van der Waals surface area contributed by atoms with E-state index in [1.807, 2.05) is 13.8 Å². The molecule has 0 radical (unpaired) electrons. The van der Waals surface area contributed by atoms with E-state index in [4.69, 9.17) is 11.6 Å². The molecule has 1 heterocycles. The Morgan fingerprint density at radius 1 is 1.05 bits per heavy atom. The lowest BCUT2D eigenvalue weighted by molar-refractivity contribution is -0.143. The molecule has 2 amide bonds. The number of rotatable bonds is 4. The third kappa shape index (κ3) is 6.39. The Kier molecular flexibility index (Phi) is 8.67. The molecule has 2 aromatic rings. The maximum absolute atomic E-state index is 13.4. The monoisotopic (exact) mass is 628 g/mol. The smallest absolute Gasteiger partial charge is 0.416 e. The lowest BCUT2D eigenvalue weighted by Gasteiger charge is -2.33. The number of anilines is 1. The van der Waals surface area contributed by atoms with Crippen LogP contribution < -0.4 is 4.90 Å². The molecular formula is C25H24BrClF6N2O3. The summed E-state index contributed by atoms with van der Waals surface area (Å²) in [5, 5.41) is 10.2. The lowest BCUT2D eigenvalue weighted by Crippen LogP contribution is -2.42. The first kappa shape index (κ1) is 30.1. The van der Waals surface area contributed by atoms with E-state index in [1.54, 1.807) is 0 Å². The number of carbonyl (C=O) groups excluding carboxylic acids is 1. The number of benzene rings is 2. The molecule has 208 valence electrons. The summed E-state index contributed by atoms with van der Waals surface area (Å²) in [5.41, 5.74) is -2.79. The molecule has 0 spiro atoms. The molecular weight excluding hydrogens is 606 g/mol. The number of fused-ring (bicyclic) bond motifs is 1. The highest BCUT2D eigenvalue weighted by Gasteiger charge is 2.40. The van der Waals surface area contributed by atoms with Gasteiger partial charge in [0.2, 0.25) is 5.91 Å². The lowest BCUT2D eigenvalue weighted by atomic mass is 9.95. The predicted molar refractivity (Wildman–Crippen MR) is 133 cm³/mol. The van der Waals surface area contributed by atoms with Crippen LogP contribution in [0.3, 0.4) is 0 Å². The van der Waals surface area contributed by atoms with Crippen LogP contribution >= 0.6 is 27.5 Å². The zero-order valence-corrected chi connectivity index (χ0v) is 22.8. The van der Waals surface area contributed by atoms with Crippen molar-refractivity contribution in [1.82, 2.24) is 4.90 Å². The molecule has 38 heavy (non-hydrogen) atoms. The molecule has 1 N–H and O–H groups in total. The second-order valence-electron chi connectivity index (χ2n) is 9.44. The molecule has 0 aromatic heterocycles. The summed E-state index contributed by atoms with van der Waals surface area (Å²) in [4.78, 5) is 27.5. The van der Waals surface area contributed by atoms with E-state index in [-0.39, 0.29) is 41.1 Å². The van der Waals surface area contributed by atoms with Crippen LogP contribution in [0.25, 0.3) is 0 Å². The normalized spacial score (nSPS) is 18.3. The van der Waals surface area contributed by atoms with Crippen molar-refractivity contribution in [3.05, 3.63) is 62.1 Å².